The smallest absolute Gasteiger partial charge is 0.246 e. The van der Waals surface area contributed by atoms with Gasteiger partial charge in [-0.15, -0.1) is 0 Å². The van der Waals surface area contributed by atoms with Crippen LogP contribution in [0.1, 0.15) is 38.7 Å². The van der Waals surface area contributed by atoms with E-state index in [4.69, 9.17) is 9.47 Å². The second kappa shape index (κ2) is 9.63. The number of benzene rings is 1. The van der Waals surface area contributed by atoms with E-state index in [9.17, 15) is 14.4 Å². The van der Waals surface area contributed by atoms with Gasteiger partial charge in [-0.25, -0.2) is 0 Å². The van der Waals surface area contributed by atoms with Gasteiger partial charge in [0.25, 0.3) is 0 Å². The number of carbonyl (C=O) groups is 3. The molecule has 1 aliphatic carbocycles. The van der Waals surface area contributed by atoms with Crippen LogP contribution >= 0.6 is 0 Å². The Morgan fingerprint density at radius 1 is 1.22 bits per heavy atom. The maximum atomic E-state index is 13.9. The molecule has 8 heteroatoms. The van der Waals surface area contributed by atoms with Crippen LogP contribution in [0.2, 0.25) is 0 Å². The number of ether oxygens (including phenoxy) is 2. The molecule has 8 atom stereocenters. The zero-order valence-corrected chi connectivity index (χ0v) is 21.5. The minimum Gasteiger partial charge on any atom is -0.383 e. The number of methoxy groups -OCH3 is 1. The maximum Gasteiger partial charge on any atom is 0.246 e. The molecule has 2 saturated heterocycles. The molecular weight excluding hydrogens is 458 g/mol. The largest absolute Gasteiger partial charge is 0.383 e. The second-order valence-electron chi connectivity index (χ2n) is 11.0. The predicted octanol–water partition coefficient (Wildman–Crippen LogP) is 2.67. The first-order valence-electron chi connectivity index (χ1n) is 13.1. The van der Waals surface area contributed by atoms with Crippen molar-refractivity contribution in [1.82, 2.24) is 10.2 Å². The molecule has 1 spiro atoms. The number of hydrogen-bond donors (Lipinski definition) is 2. The number of aryl methyl sites for hydroxylation is 1. The van der Waals surface area contributed by atoms with Crippen LogP contribution in [0.5, 0.6) is 0 Å². The van der Waals surface area contributed by atoms with E-state index in [1.807, 2.05) is 43.3 Å². The van der Waals surface area contributed by atoms with Gasteiger partial charge in [0.05, 0.1) is 24.5 Å². The summed E-state index contributed by atoms with van der Waals surface area (Å²) in [5, 5.41) is 6.23. The molecular formula is C28H37N3O5. The van der Waals surface area contributed by atoms with E-state index in [2.05, 4.69) is 24.5 Å². The molecule has 3 aliphatic heterocycles. The van der Waals surface area contributed by atoms with Crippen molar-refractivity contribution in [3.63, 3.8) is 0 Å². The van der Waals surface area contributed by atoms with E-state index in [1.165, 1.54) is 0 Å². The molecule has 2 bridgehead atoms. The Bertz CT molecular complexity index is 1070. The van der Waals surface area contributed by atoms with Crippen molar-refractivity contribution in [1.29, 1.82) is 0 Å². The van der Waals surface area contributed by atoms with Gasteiger partial charge in [-0.2, -0.15) is 0 Å². The molecule has 0 unspecified atom stereocenters. The third-order valence-corrected chi connectivity index (χ3v) is 8.78. The molecule has 5 rings (SSSR count). The molecule has 2 N–H and O–H groups in total. The van der Waals surface area contributed by atoms with Crippen LogP contribution in [0, 0.1) is 30.6 Å². The highest BCUT2D eigenvalue weighted by Gasteiger charge is 2.72. The van der Waals surface area contributed by atoms with Crippen LogP contribution in [-0.2, 0) is 23.9 Å². The molecule has 4 aliphatic rings. The Morgan fingerprint density at radius 3 is 2.78 bits per heavy atom. The highest BCUT2D eigenvalue weighted by molar-refractivity contribution is 6.02. The lowest BCUT2D eigenvalue weighted by Gasteiger charge is -2.38. The number of hydrogen-bond acceptors (Lipinski definition) is 5. The normalized spacial score (nSPS) is 36.7. The second-order valence-corrected chi connectivity index (χ2v) is 11.0. The zero-order chi connectivity index (χ0) is 25.6. The van der Waals surface area contributed by atoms with Gasteiger partial charge >= 0.3 is 0 Å². The molecule has 1 aromatic rings. The van der Waals surface area contributed by atoms with Gasteiger partial charge in [0.2, 0.25) is 17.7 Å². The van der Waals surface area contributed by atoms with Crippen LogP contribution < -0.4 is 10.6 Å². The average Bonchev–Trinajstić information content (AvgIpc) is 3.48. The Hall–Kier alpha value is -2.71. The van der Waals surface area contributed by atoms with Crippen LogP contribution in [-0.4, -0.2) is 66.7 Å². The number of fused-ring (bicyclic) bond motifs is 1. The van der Waals surface area contributed by atoms with E-state index < -0.39 is 29.6 Å². The summed E-state index contributed by atoms with van der Waals surface area (Å²) >= 11 is 0. The number of likely N-dealkylation sites (tertiary alicyclic amines) is 1. The van der Waals surface area contributed by atoms with Crippen molar-refractivity contribution in [3.8, 4) is 0 Å². The van der Waals surface area contributed by atoms with Crippen LogP contribution in [0.15, 0.2) is 36.4 Å². The summed E-state index contributed by atoms with van der Waals surface area (Å²) in [5.41, 5.74) is 0.550. The highest BCUT2D eigenvalue weighted by Crippen LogP contribution is 2.55. The fourth-order valence-corrected chi connectivity index (χ4v) is 6.69. The topological polar surface area (TPSA) is 97.0 Å². The zero-order valence-electron chi connectivity index (χ0n) is 21.5. The van der Waals surface area contributed by atoms with E-state index in [-0.39, 0.29) is 30.3 Å². The number of amides is 3. The summed E-state index contributed by atoms with van der Waals surface area (Å²) in [6.45, 7) is 6.92. The van der Waals surface area contributed by atoms with Gasteiger partial charge in [-0.05, 0) is 42.9 Å². The fourth-order valence-electron chi connectivity index (χ4n) is 6.69. The monoisotopic (exact) mass is 495 g/mol. The predicted molar refractivity (Wildman–Crippen MR) is 135 cm³/mol. The Labute approximate surface area is 212 Å². The molecule has 3 fully saturated rings. The molecule has 36 heavy (non-hydrogen) atoms. The van der Waals surface area contributed by atoms with E-state index in [0.29, 0.717) is 24.1 Å². The quantitative estimate of drug-likeness (QED) is 0.567. The lowest BCUT2D eigenvalue weighted by Crippen LogP contribution is -2.58. The van der Waals surface area contributed by atoms with Gasteiger partial charge in [-0.1, -0.05) is 51.0 Å². The van der Waals surface area contributed by atoms with Crippen LogP contribution in [0.4, 0.5) is 5.69 Å². The first kappa shape index (κ1) is 25.0. The molecule has 0 aromatic heterocycles. The summed E-state index contributed by atoms with van der Waals surface area (Å²) in [4.78, 5) is 42.7. The van der Waals surface area contributed by atoms with E-state index >= 15 is 0 Å². The van der Waals surface area contributed by atoms with Crippen molar-refractivity contribution in [2.24, 2.45) is 23.7 Å². The third kappa shape index (κ3) is 4.04. The first-order valence-corrected chi connectivity index (χ1v) is 13.1. The van der Waals surface area contributed by atoms with Crippen molar-refractivity contribution in [2.75, 3.05) is 25.6 Å². The summed E-state index contributed by atoms with van der Waals surface area (Å²) in [6.07, 6.45) is 6.30. The van der Waals surface area contributed by atoms with Crippen molar-refractivity contribution >= 4 is 23.4 Å². The summed E-state index contributed by atoms with van der Waals surface area (Å²) in [5.74, 6) is -1.29. The SMILES string of the molecule is COCCN1C(=O)[C@@H]2[C@H](C(=O)Nc3cccc(C)c3)[C@@H]3C=C[C@@]2(O3)[C@@H]1C(=O)N[C@@H]1CCC[C@@H](C)[C@H]1C. The minimum atomic E-state index is -1.16. The molecule has 8 nitrogen and oxygen atoms in total. The molecule has 194 valence electrons. The summed E-state index contributed by atoms with van der Waals surface area (Å²) in [6, 6.07) is 6.77. The number of carbonyl (C=O) groups excluding carboxylic acids is 3. The lowest BCUT2D eigenvalue weighted by molar-refractivity contribution is -0.142. The minimum absolute atomic E-state index is 0.0547. The fraction of sp³-hybridized carbons (Fsp3) is 0.607. The van der Waals surface area contributed by atoms with Crippen molar-refractivity contribution in [3.05, 3.63) is 42.0 Å². The van der Waals surface area contributed by atoms with Crippen molar-refractivity contribution in [2.45, 2.75) is 63.8 Å². The Kier molecular flexibility index (Phi) is 6.68. The molecule has 0 radical (unpaired) electrons. The number of nitrogens with zero attached hydrogens (tertiary/aromatic N) is 1. The Balaban J connectivity index is 1.43. The molecule has 1 aromatic carbocycles. The number of anilines is 1. The van der Waals surface area contributed by atoms with Gasteiger partial charge in [-0.3, -0.25) is 14.4 Å². The third-order valence-electron chi connectivity index (χ3n) is 8.78. The lowest BCUT2D eigenvalue weighted by atomic mass is 9.73. The molecule has 3 amide bonds. The van der Waals surface area contributed by atoms with Gasteiger partial charge in [0.1, 0.15) is 11.6 Å². The van der Waals surface area contributed by atoms with E-state index in [0.717, 1.165) is 24.8 Å². The highest BCUT2D eigenvalue weighted by atomic mass is 16.5. The number of nitrogens with one attached hydrogen (secondary N) is 2. The van der Waals surface area contributed by atoms with Crippen molar-refractivity contribution < 1.29 is 23.9 Å². The molecule has 1 saturated carbocycles. The van der Waals surface area contributed by atoms with Crippen LogP contribution in [0.3, 0.4) is 0 Å². The van der Waals surface area contributed by atoms with E-state index in [1.54, 1.807) is 12.0 Å². The van der Waals surface area contributed by atoms with Gasteiger partial charge in [0.15, 0.2) is 0 Å². The Morgan fingerprint density at radius 2 is 2.03 bits per heavy atom. The average molecular weight is 496 g/mol. The standard InChI is InChI=1S/C28H37N3O5/c1-16-7-5-9-19(15-16)29-25(32)22-21-11-12-28(36-21)23(22)27(34)31(13-14-35-4)24(28)26(33)30-20-10-6-8-17(2)18(20)3/h5,7,9,11-12,15,17-18,20-24H,6,8,10,13-14H2,1-4H3,(H,29,32)(H,30,33)/t17-,18-,20-,21+,22-,23+,24+,28+/m1/s1. The maximum absolute atomic E-state index is 13.9. The van der Waals surface area contributed by atoms with Gasteiger partial charge in [0, 0.05) is 25.4 Å². The summed E-state index contributed by atoms with van der Waals surface area (Å²) < 4.78 is 11.7. The summed E-state index contributed by atoms with van der Waals surface area (Å²) in [7, 11) is 1.57. The van der Waals surface area contributed by atoms with Crippen LogP contribution in [0.25, 0.3) is 0 Å². The van der Waals surface area contributed by atoms with Gasteiger partial charge < -0.3 is 25.0 Å². The molecule has 3 heterocycles. The number of rotatable bonds is 7. The first-order chi connectivity index (χ1) is 17.3.